The topological polar surface area (TPSA) is 76.1 Å². The molecule has 1 fully saturated rings. The average Bonchev–Trinajstić information content (AvgIpc) is 2.82. The van der Waals surface area contributed by atoms with Crippen molar-refractivity contribution in [2.45, 2.75) is 29.1 Å². The van der Waals surface area contributed by atoms with Crippen molar-refractivity contribution in [3.8, 4) is 5.75 Å². The number of para-hydroxylation sites is 1. The Morgan fingerprint density at radius 3 is 2.58 bits per heavy atom. The standard InChI is InChI=1S/C24H25Cl2NO5S/c25-23-17(9-11-21(28)27-12-15-31-16-13-27)8-10-20(24(23)26)33-19-6-2-1-5-18(19)32-14-4-3-7-22(29)30/h1-2,5-6,8-11H,3-4,7,12-16H2,(H,29,30)/b11-9+. The maximum Gasteiger partial charge on any atom is 0.303 e. The Bertz CT molecular complexity index is 1010. The predicted molar refractivity (Wildman–Crippen MR) is 130 cm³/mol. The Kier molecular flexibility index (Phi) is 9.94. The normalized spacial score (nSPS) is 13.9. The van der Waals surface area contributed by atoms with Crippen LogP contribution in [0.4, 0.5) is 0 Å². The smallest absolute Gasteiger partial charge is 0.303 e. The molecule has 1 N–H and O–H groups in total. The molecule has 1 aliphatic rings. The molecule has 0 aliphatic carbocycles. The summed E-state index contributed by atoms with van der Waals surface area (Å²) in [6, 6.07) is 11.3. The molecule has 2 aromatic carbocycles. The van der Waals surface area contributed by atoms with E-state index in [1.807, 2.05) is 36.4 Å². The molecule has 176 valence electrons. The van der Waals surface area contributed by atoms with Crippen LogP contribution in [0.15, 0.2) is 52.3 Å². The molecule has 0 aromatic heterocycles. The largest absolute Gasteiger partial charge is 0.492 e. The zero-order chi connectivity index (χ0) is 23.6. The summed E-state index contributed by atoms with van der Waals surface area (Å²) in [4.78, 5) is 26.3. The van der Waals surface area contributed by atoms with Gasteiger partial charge < -0.3 is 19.5 Å². The highest BCUT2D eigenvalue weighted by Crippen LogP contribution is 2.42. The van der Waals surface area contributed by atoms with Crippen molar-refractivity contribution in [1.82, 2.24) is 4.90 Å². The van der Waals surface area contributed by atoms with Crippen LogP contribution in [-0.2, 0) is 14.3 Å². The number of nitrogens with zero attached hydrogens (tertiary/aromatic N) is 1. The van der Waals surface area contributed by atoms with Gasteiger partial charge in [-0.2, -0.15) is 0 Å². The summed E-state index contributed by atoms with van der Waals surface area (Å²) in [7, 11) is 0. The first-order valence-corrected chi connectivity index (χ1v) is 12.2. The van der Waals surface area contributed by atoms with Gasteiger partial charge in [0.2, 0.25) is 5.91 Å². The summed E-state index contributed by atoms with van der Waals surface area (Å²) in [6.07, 6.45) is 4.53. The van der Waals surface area contributed by atoms with E-state index in [2.05, 4.69) is 0 Å². The van der Waals surface area contributed by atoms with Crippen LogP contribution in [0.2, 0.25) is 10.0 Å². The van der Waals surface area contributed by atoms with Crippen LogP contribution < -0.4 is 4.74 Å². The van der Waals surface area contributed by atoms with Crippen LogP contribution >= 0.6 is 35.0 Å². The van der Waals surface area contributed by atoms with E-state index < -0.39 is 5.97 Å². The molecule has 0 bridgehead atoms. The van der Waals surface area contributed by atoms with Gasteiger partial charge in [-0.05, 0) is 42.7 Å². The molecule has 33 heavy (non-hydrogen) atoms. The molecule has 1 aliphatic heterocycles. The highest BCUT2D eigenvalue weighted by atomic mass is 35.5. The average molecular weight is 510 g/mol. The molecular weight excluding hydrogens is 485 g/mol. The monoisotopic (exact) mass is 509 g/mol. The number of hydrogen-bond donors (Lipinski definition) is 1. The Labute approximate surface area is 207 Å². The summed E-state index contributed by atoms with van der Waals surface area (Å²) >= 11 is 14.5. The number of halogens is 2. The summed E-state index contributed by atoms with van der Waals surface area (Å²) in [5.41, 5.74) is 0.663. The fraction of sp³-hybridized carbons (Fsp3) is 0.333. The van der Waals surface area contributed by atoms with Gasteiger partial charge in [-0.3, -0.25) is 9.59 Å². The highest BCUT2D eigenvalue weighted by molar-refractivity contribution is 7.99. The Morgan fingerprint density at radius 2 is 1.82 bits per heavy atom. The second-order valence-electron chi connectivity index (χ2n) is 7.30. The number of morpholine rings is 1. The van der Waals surface area contributed by atoms with Crippen molar-refractivity contribution in [3.05, 3.63) is 58.1 Å². The quantitative estimate of drug-likeness (QED) is 0.329. The van der Waals surface area contributed by atoms with E-state index >= 15 is 0 Å². The number of carboxylic acid groups (broad SMARTS) is 1. The molecule has 0 saturated carbocycles. The number of amides is 1. The molecule has 0 unspecified atom stereocenters. The molecule has 1 heterocycles. The van der Waals surface area contributed by atoms with E-state index in [1.54, 1.807) is 11.0 Å². The summed E-state index contributed by atoms with van der Waals surface area (Å²) in [6.45, 7) is 2.68. The minimum atomic E-state index is -0.804. The van der Waals surface area contributed by atoms with Gasteiger partial charge in [0.25, 0.3) is 0 Å². The Balaban J connectivity index is 1.65. The molecule has 6 nitrogen and oxygen atoms in total. The summed E-state index contributed by atoms with van der Waals surface area (Å²) in [5, 5.41) is 9.51. The first-order valence-electron chi connectivity index (χ1n) is 10.6. The molecule has 1 saturated heterocycles. The SMILES string of the molecule is O=C(O)CCCCOc1ccccc1Sc1ccc(/C=C/C(=O)N2CCOCC2)c(Cl)c1Cl. The predicted octanol–water partition coefficient (Wildman–Crippen LogP) is 5.65. The van der Waals surface area contributed by atoms with E-state index in [-0.39, 0.29) is 12.3 Å². The summed E-state index contributed by atoms with van der Waals surface area (Å²) < 4.78 is 11.1. The van der Waals surface area contributed by atoms with Crippen molar-refractivity contribution in [2.24, 2.45) is 0 Å². The molecule has 9 heteroatoms. The van der Waals surface area contributed by atoms with Crippen molar-refractivity contribution >= 4 is 52.9 Å². The van der Waals surface area contributed by atoms with Crippen LogP contribution in [0.3, 0.4) is 0 Å². The first kappa shape index (κ1) is 25.4. The van der Waals surface area contributed by atoms with Crippen LogP contribution in [0.5, 0.6) is 5.75 Å². The van der Waals surface area contributed by atoms with Gasteiger partial charge in [0.15, 0.2) is 0 Å². The van der Waals surface area contributed by atoms with Gasteiger partial charge in [0, 0.05) is 30.5 Å². The lowest BCUT2D eigenvalue weighted by Crippen LogP contribution is -2.39. The third kappa shape index (κ3) is 7.67. The van der Waals surface area contributed by atoms with Crippen molar-refractivity contribution in [1.29, 1.82) is 0 Å². The molecular formula is C24H25Cl2NO5S. The molecule has 0 spiro atoms. The number of carbonyl (C=O) groups is 2. The number of carbonyl (C=O) groups excluding carboxylic acids is 1. The summed E-state index contributed by atoms with van der Waals surface area (Å²) in [5.74, 6) is -0.190. The molecule has 1 amide bonds. The molecule has 2 aromatic rings. The number of carboxylic acids is 1. The van der Waals surface area contributed by atoms with Crippen LogP contribution in [0.25, 0.3) is 6.08 Å². The number of hydrogen-bond acceptors (Lipinski definition) is 5. The zero-order valence-corrected chi connectivity index (χ0v) is 20.3. The molecule has 3 rings (SSSR count). The lowest BCUT2D eigenvalue weighted by atomic mass is 10.2. The molecule has 0 atom stereocenters. The third-order valence-electron chi connectivity index (χ3n) is 4.92. The van der Waals surface area contributed by atoms with Crippen LogP contribution in [0.1, 0.15) is 24.8 Å². The zero-order valence-electron chi connectivity index (χ0n) is 18.0. The fourth-order valence-corrected chi connectivity index (χ4v) is 4.65. The minimum Gasteiger partial charge on any atom is -0.492 e. The van der Waals surface area contributed by atoms with Crippen LogP contribution in [0, 0.1) is 0 Å². The number of ether oxygens (including phenoxy) is 2. The second kappa shape index (κ2) is 12.9. The van der Waals surface area contributed by atoms with E-state index in [1.165, 1.54) is 17.8 Å². The minimum absolute atomic E-state index is 0.0848. The maximum absolute atomic E-state index is 12.3. The number of aliphatic carboxylic acids is 1. The van der Waals surface area contributed by atoms with Gasteiger partial charge in [-0.1, -0.05) is 53.2 Å². The maximum atomic E-state index is 12.3. The van der Waals surface area contributed by atoms with E-state index in [0.29, 0.717) is 67.1 Å². The molecule has 0 radical (unpaired) electrons. The van der Waals surface area contributed by atoms with Gasteiger partial charge >= 0.3 is 5.97 Å². The van der Waals surface area contributed by atoms with Crippen molar-refractivity contribution < 1.29 is 24.2 Å². The Morgan fingerprint density at radius 1 is 1.06 bits per heavy atom. The van der Waals surface area contributed by atoms with E-state index in [4.69, 9.17) is 37.8 Å². The third-order valence-corrected chi connectivity index (χ3v) is 7.04. The van der Waals surface area contributed by atoms with Gasteiger partial charge in [-0.25, -0.2) is 0 Å². The number of rotatable bonds is 10. The number of unbranched alkanes of at least 4 members (excludes halogenated alkanes) is 1. The van der Waals surface area contributed by atoms with Gasteiger partial charge in [-0.15, -0.1) is 0 Å². The Hall–Kier alpha value is -2.19. The fourth-order valence-electron chi connectivity index (χ4n) is 3.14. The number of benzene rings is 2. The van der Waals surface area contributed by atoms with E-state index in [0.717, 1.165) is 9.79 Å². The van der Waals surface area contributed by atoms with Gasteiger partial charge in [0.05, 0.1) is 34.8 Å². The first-order chi connectivity index (χ1) is 16.0. The van der Waals surface area contributed by atoms with Crippen LogP contribution in [-0.4, -0.2) is 54.8 Å². The second-order valence-corrected chi connectivity index (χ2v) is 9.14. The van der Waals surface area contributed by atoms with Crippen molar-refractivity contribution in [2.75, 3.05) is 32.9 Å². The van der Waals surface area contributed by atoms with Gasteiger partial charge in [0.1, 0.15) is 5.75 Å². The highest BCUT2D eigenvalue weighted by Gasteiger charge is 2.16. The lowest BCUT2D eigenvalue weighted by Gasteiger charge is -2.25. The van der Waals surface area contributed by atoms with Crippen molar-refractivity contribution in [3.63, 3.8) is 0 Å². The van der Waals surface area contributed by atoms with E-state index in [9.17, 15) is 9.59 Å². The lowest BCUT2D eigenvalue weighted by molar-refractivity contribution is -0.137.